The average molecular weight is 246 g/mol. The molecule has 18 heavy (non-hydrogen) atoms. The Hall–Kier alpha value is -0.860. The molecule has 100 valence electrons. The molecule has 0 spiro atoms. The fourth-order valence-electron chi connectivity index (χ4n) is 2.71. The molecule has 2 rings (SSSR count). The molecule has 1 fully saturated rings. The Labute approximate surface area is 111 Å². The summed E-state index contributed by atoms with van der Waals surface area (Å²) in [5.74, 6) is 0. The third kappa shape index (κ3) is 3.82. The van der Waals surface area contributed by atoms with Crippen LogP contribution >= 0.6 is 0 Å². The number of hydrogen-bond acceptors (Lipinski definition) is 2. The van der Waals surface area contributed by atoms with Gasteiger partial charge < -0.3 is 5.32 Å². The maximum Gasteiger partial charge on any atom is 0.0354 e. The van der Waals surface area contributed by atoms with Crippen molar-refractivity contribution in [1.82, 2.24) is 10.2 Å². The van der Waals surface area contributed by atoms with Crippen LogP contribution in [-0.4, -0.2) is 31.1 Å². The van der Waals surface area contributed by atoms with Gasteiger partial charge in [0.05, 0.1) is 0 Å². The minimum Gasteiger partial charge on any atom is -0.314 e. The maximum absolute atomic E-state index is 3.44. The second-order valence-electron chi connectivity index (χ2n) is 6.48. The van der Waals surface area contributed by atoms with Gasteiger partial charge in [-0.2, -0.15) is 0 Å². The highest BCUT2D eigenvalue weighted by Gasteiger charge is 2.26. The summed E-state index contributed by atoms with van der Waals surface area (Å²) in [6.45, 7) is 11.6. The SMILES string of the molecule is CC(C)(C)CC(c1ccccc1)N1CCNCC1. The minimum atomic E-state index is 0.366. The quantitative estimate of drug-likeness (QED) is 0.882. The molecule has 2 nitrogen and oxygen atoms in total. The van der Waals surface area contributed by atoms with Crippen molar-refractivity contribution in [2.45, 2.75) is 33.2 Å². The molecule has 0 radical (unpaired) electrons. The number of nitrogens with zero attached hydrogens (tertiary/aromatic N) is 1. The monoisotopic (exact) mass is 246 g/mol. The molecular weight excluding hydrogens is 220 g/mol. The molecule has 1 unspecified atom stereocenters. The molecule has 0 bridgehead atoms. The Bertz CT molecular complexity index is 347. The van der Waals surface area contributed by atoms with Crippen molar-refractivity contribution in [3.8, 4) is 0 Å². The number of rotatable bonds is 3. The standard InChI is InChI=1S/C16H26N2/c1-16(2,3)13-15(14-7-5-4-6-8-14)18-11-9-17-10-12-18/h4-8,15,17H,9-13H2,1-3H3. The molecule has 1 aliphatic heterocycles. The van der Waals surface area contributed by atoms with E-state index in [1.807, 2.05) is 0 Å². The molecule has 0 amide bonds. The van der Waals surface area contributed by atoms with E-state index in [-0.39, 0.29) is 0 Å². The van der Waals surface area contributed by atoms with Gasteiger partial charge in [0, 0.05) is 32.2 Å². The zero-order valence-corrected chi connectivity index (χ0v) is 11.9. The molecule has 1 atom stereocenters. The van der Waals surface area contributed by atoms with Crippen molar-refractivity contribution >= 4 is 0 Å². The molecule has 1 aliphatic rings. The van der Waals surface area contributed by atoms with Crippen molar-refractivity contribution in [1.29, 1.82) is 0 Å². The number of nitrogens with one attached hydrogen (secondary N) is 1. The number of hydrogen-bond donors (Lipinski definition) is 1. The fourth-order valence-corrected chi connectivity index (χ4v) is 2.71. The van der Waals surface area contributed by atoms with Gasteiger partial charge in [-0.3, -0.25) is 4.90 Å². The highest BCUT2D eigenvalue weighted by molar-refractivity contribution is 5.19. The van der Waals surface area contributed by atoms with Gasteiger partial charge in [0.2, 0.25) is 0 Å². The second kappa shape index (κ2) is 5.85. The van der Waals surface area contributed by atoms with Gasteiger partial charge in [-0.25, -0.2) is 0 Å². The Kier molecular flexibility index (Phi) is 4.41. The van der Waals surface area contributed by atoms with Crippen LogP contribution in [0.25, 0.3) is 0 Å². The topological polar surface area (TPSA) is 15.3 Å². The lowest BCUT2D eigenvalue weighted by molar-refractivity contribution is 0.132. The molecule has 0 aliphatic carbocycles. The second-order valence-corrected chi connectivity index (χ2v) is 6.48. The summed E-state index contributed by atoms with van der Waals surface area (Å²) >= 11 is 0. The smallest absolute Gasteiger partial charge is 0.0354 e. The van der Waals surface area contributed by atoms with Crippen molar-refractivity contribution < 1.29 is 0 Å². The largest absolute Gasteiger partial charge is 0.314 e. The van der Waals surface area contributed by atoms with Crippen molar-refractivity contribution in [2.24, 2.45) is 5.41 Å². The molecule has 1 aromatic carbocycles. The van der Waals surface area contributed by atoms with Crippen molar-refractivity contribution in [2.75, 3.05) is 26.2 Å². The summed E-state index contributed by atoms with van der Waals surface area (Å²) in [6, 6.07) is 11.5. The third-order valence-corrected chi connectivity index (χ3v) is 3.58. The number of benzene rings is 1. The van der Waals surface area contributed by atoms with Gasteiger partial charge in [0.1, 0.15) is 0 Å². The van der Waals surface area contributed by atoms with Crippen LogP contribution in [0.1, 0.15) is 38.8 Å². The Balaban J connectivity index is 2.17. The third-order valence-electron chi connectivity index (χ3n) is 3.58. The number of piperazine rings is 1. The van der Waals surface area contributed by atoms with E-state index in [1.54, 1.807) is 0 Å². The van der Waals surface area contributed by atoms with Gasteiger partial charge in [-0.05, 0) is 17.4 Å². The first-order chi connectivity index (χ1) is 8.56. The maximum atomic E-state index is 3.44. The average Bonchev–Trinajstić information content (AvgIpc) is 2.37. The van der Waals surface area contributed by atoms with Crippen LogP contribution in [-0.2, 0) is 0 Å². The first-order valence-electron chi connectivity index (χ1n) is 7.06. The lowest BCUT2D eigenvalue weighted by Crippen LogP contribution is -2.45. The van der Waals surface area contributed by atoms with E-state index in [9.17, 15) is 0 Å². The van der Waals surface area contributed by atoms with Crippen LogP contribution in [0.2, 0.25) is 0 Å². The van der Waals surface area contributed by atoms with E-state index in [1.165, 1.54) is 12.0 Å². The van der Waals surface area contributed by atoms with Crippen LogP contribution < -0.4 is 5.32 Å². The fraction of sp³-hybridized carbons (Fsp3) is 0.625. The van der Waals surface area contributed by atoms with Gasteiger partial charge in [0.25, 0.3) is 0 Å². The van der Waals surface area contributed by atoms with Crippen LogP contribution in [0.3, 0.4) is 0 Å². The molecule has 1 aromatic rings. The summed E-state index contributed by atoms with van der Waals surface area (Å²) in [7, 11) is 0. The Morgan fingerprint density at radius 1 is 1.11 bits per heavy atom. The predicted molar refractivity (Wildman–Crippen MR) is 77.7 cm³/mol. The minimum absolute atomic E-state index is 0.366. The predicted octanol–water partition coefficient (Wildman–Crippen LogP) is 3.07. The normalized spacial score (nSPS) is 19.7. The van der Waals surface area contributed by atoms with Crippen LogP contribution in [0.4, 0.5) is 0 Å². The highest BCUT2D eigenvalue weighted by Crippen LogP contribution is 2.33. The summed E-state index contributed by atoms with van der Waals surface area (Å²) in [4.78, 5) is 2.64. The van der Waals surface area contributed by atoms with Crippen LogP contribution in [0, 0.1) is 5.41 Å². The summed E-state index contributed by atoms with van der Waals surface area (Å²) < 4.78 is 0. The van der Waals surface area contributed by atoms with E-state index in [2.05, 4.69) is 61.3 Å². The molecule has 1 heterocycles. The lowest BCUT2D eigenvalue weighted by atomic mass is 9.84. The van der Waals surface area contributed by atoms with Crippen LogP contribution in [0.15, 0.2) is 30.3 Å². The van der Waals surface area contributed by atoms with E-state index in [0.29, 0.717) is 11.5 Å². The molecule has 0 aromatic heterocycles. The van der Waals surface area contributed by atoms with Crippen molar-refractivity contribution in [3.63, 3.8) is 0 Å². The molecular formula is C16H26N2. The zero-order valence-electron chi connectivity index (χ0n) is 11.9. The van der Waals surface area contributed by atoms with E-state index >= 15 is 0 Å². The molecule has 1 saturated heterocycles. The first-order valence-corrected chi connectivity index (χ1v) is 7.06. The zero-order chi connectivity index (χ0) is 13.0. The summed E-state index contributed by atoms with van der Waals surface area (Å²) in [5, 5.41) is 3.44. The summed E-state index contributed by atoms with van der Waals surface area (Å²) in [5.41, 5.74) is 1.83. The van der Waals surface area contributed by atoms with Gasteiger partial charge in [0.15, 0.2) is 0 Å². The summed E-state index contributed by atoms with van der Waals surface area (Å²) in [6.07, 6.45) is 1.22. The molecule has 1 N–H and O–H groups in total. The van der Waals surface area contributed by atoms with Crippen LogP contribution in [0.5, 0.6) is 0 Å². The Morgan fingerprint density at radius 3 is 2.28 bits per heavy atom. The van der Waals surface area contributed by atoms with E-state index in [0.717, 1.165) is 26.2 Å². The lowest BCUT2D eigenvalue weighted by Gasteiger charge is -2.38. The molecule has 0 saturated carbocycles. The molecule has 2 heteroatoms. The highest BCUT2D eigenvalue weighted by atomic mass is 15.2. The van der Waals surface area contributed by atoms with E-state index < -0.39 is 0 Å². The van der Waals surface area contributed by atoms with E-state index in [4.69, 9.17) is 0 Å². The van der Waals surface area contributed by atoms with Gasteiger partial charge in [-0.1, -0.05) is 51.1 Å². The van der Waals surface area contributed by atoms with Crippen molar-refractivity contribution in [3.05, 3.63) is 35.9 Å². The van der Waals surface area contributed by atoms with Gasteiger partial charge >= 0.3 is 0 Å². The Morgan fingerprint density at radius 2 is 1.72 bits per heavy atom. The van der Waals surface area contributed by atoms with Gasteiger partial charge in [-0.15, -0.1) is 0 Å². The first kappa shape index (κ1) is 13.6.